The van der Waals surface area contributed by atoms with Crippen LogP contribution in [0.4, 0.5) is 5.13 Å². The van der Waals surface area contributed by atoms with Crippen molar-refractivity contribution in [3.05, 3.63) is 46.5 Å². The smallest absolute Gasteiger partial charge is 0.257 e. The third-order valence-electron chi connectivity index (χ3n) is 2.87. The van der Waals surface area contributed by atoms with Crippen molar-refractivity contribution >= 4 is 22.4 Å². The Morgan fingerprint density at radius 2 is 2.20 bits per heavy atom. The number of nitrogens with one attached hydrogen (secondary N) is 1. The number of carbonyl (C=O) groups excluding carboxylic acids is 1. The first-order chi connectivity index (χ1) is 9.61. The van der Waals surface area contributed by atoms with Gasteiger partial charge in [-0.25, -0.2) is 4.98 Å². The second-order valence-electron chi connectivity index (χ2n) is 4.68. The van der Waals surface area contributed by atoms with Crippen LogP contribution >= 0.6 is 11.3 Å². The first-order valence-electron chi connectivity index (χ1n) is 6.33. The Balaban J connectivity index is 2.17. The minimum Gasteiger partial charge on any atom is -0.298 e. The Hall–Kier alpha value is -2.19. The molecule has 5 heteroatoms. The highest BCUT2D eigenvalue weighted by Crippen LogP contribution is 2.22. The number of aromatic nitrogens is 1. The second-order valence-corrected chi connectivity index (χ2v) is 5.54. The van der Waals surface area contributed by atoms with Crippen LogP contribution in [-0.4, -0.2) is 10.9 Å². The van der Waals surface area contributed by atoms with Gasteiger partial charge in [-0.15, -0.1) is 11.3 Å². The molecule has 0 aliphatic carbocycles. The van der Waals surface area contributed by atoms with E-state index in [-0.39, 0.29) is 12.3 Å². The van der Waals surface area contributed by atoms with Crippen molar-refractivity contribution in [1.82, 2.24) is 4.98 Å². The van der Waals surface area contributed by atoms with Gasteiger partial charge in [-0.05, 0) is 17.5 Å². The van der Waals surface area contributed by atoms with Crippen LogP contribution in [0.25, 0.3) is 0 Å². The number of rotatable bonds is 4. The molecule has 0 saturated heterocycles. The molecule has 20 heavy (non-hydrogen) atoms. The number of hydrogen-bond donors (Lipinski definition) is 1. The third kappa shape index (κ3) is 3.22. The van der Waals surface area contributed by atoms with Gasteiger partial charge >= 0.3 is 0 Å². The largest absolute Gasteiger partial charge is 0.298 e. The predicted molar refractivity (Wildman–Crippen MR) is 79.9 cm³/mol. The summed E-state index contributed by atoms with van der Waals surface area (Å²) in [7, 11) is 0. The van der Waals surface area contributed by atoms with E-state index in [2.05, 4.69) is 30.2 Å². The molecule has 1 aromatic heterocycles. The molecule has 2 aromatic rings. The molecule has 102 valence electrons. The summed E-state index contributed by atoms with van der Waals surface area (Å²) in [5.74, 6) is 0.114. The summed E-state index contributed by atoms with van der Waals surface area (Å²) in [5.41, 5.74) is 2.22. The highest BCUT2D eigenvalue weighted by molar-refractivity contribution is 7.14. The maximum Gasteiger partial charge on any atom is 0.257 e. The van der Waals surface area contributed by atoms with Crippen LogP contribution in [0.3, 0.4) is 0 Å². The van der Waals surface area contributed by atoms with E-state index < -0.39 is 0 Å². The lowest BCUT2D eigenvalue weighted by molar-refractivity contribution is 0.102. The van der Waals surface area contributed by atoms with E-state index in [1.54, 1.807) is 18.2 Å². The Kier molecular flexibility index (Phi) is 4.49. The van der Waals surface area contributed by atoms with E-state index >= 15 is 0 Å². The number of benzene rings is 1. The van der Waals surface area contributed by atoms with Gasteiger partial charge in [0.25, 0.3) is 5.91 Å². The maximum absolute atomic E-state index is 12.2. The summed E-state index contributed by atoms with van der Waals surface area (Å²) in [4.78, 5) is 16.6. The Labute approximate surface area is 122 Å². The normalized spacial score (nSPS) is 10.3. The number of nitrogens with zero attached hydrogens (tertiary/aromatic N) is 2. The number of anilines is 1. The number of thiazole rings is 1. The van der Waals surface area contributed by atoms with E-state index in [1.165, 1.54) is 11.3 Å². The fourth-order valence-corrected chi connectivity index (χ4v) is 2.62. The molecule has 1 amide bonds. The number of hydrogen-bond acceptors (Lipinski definition) is 4. The molecular formula is C15H15N3OS. The van der Waals surface area contributed by atoms with E-state index in [0.29, 0.717) is 16.6 Å². The summed E-state index contributed by atoms with van der Waals surface area (Å²) in [6, 6.07) is 9.19. The number of nitriles is 1. The SMILES string of the molecule is CC(C)c1csc(NC(=O)c2ccccc2CC#N)n1. The van der Waals surface area contributed by atoms with Crippen LogP contribution in [0.5, 0.6) is 0 Å². The molecule has 0 fully saturated rings. The molecule has 4 nitrogen and oxygen atoms in total. The van der Waals surface area contributed by atoms with Crippen molar-refractivity contribution in [3.8, 4) is 6.07 Å². The van der Waals surface area contributed by atoms with E-state index in [9.17, 15) is 4.79 Å². The maximum atomic E-state index is 12.2. The lowest BCUT2D eigenvalue weighted by Gasteiger charge is -2.06. The van der Waals surface area contributed by atoms with Crippen LogP contribution in [0.1, 0.15) is 41.4 Å². The predicted octanol–water partition coefficient (Wildman–Crippen LogP) is 3.58. The van der Waals surface area contributed by atoms with Gasteiger partial charge in [-0.2, -0.15) is 5.26 Å². The summed E-state index contributed by atoms with van der Waals surface area (Å²) < 4.78 is 0. The number of amides is 1. The average molecular weight is 285 g/mol. The van der Waals surface area contributed by atoms with Crippen molar-refractivity contribution in [2.45, 2.75) is 26.2 Å². The molecule has 0 aliphatic rings. The third-order valence-corrected chi connectivity index (χ3v) is 3.64. The molecule has 0 unspecified atom stereocenters. The highest BCUT2D eigenvalue weighted by Gasteiger charge is 2.13. The van der Waals surface area contributed by atoms with Crippen molar-refractivity contribution in [1.29, 1.82) is 5.26 Å². The lowest BCUT2D eigenvalue weighted by atomic mass is 10.0. The molecular weight excluding hydrogens is 270 g/mol. The number of carbonyl (C=O) groups is 1. The topological polar surface area (TPSA) is 65.8 Å². The minimum absolute atomic E-state index is 0.221. The molecule has 1 aromatic carbocycles. The molecule has 0 aliphatic heterocycles. The minimum atomic E-state index is -0.222. The summed E-state index contributed by atoms with van der Waals surface area (Å²) in [6.07, 6.45) is 0.221. The van der Waals surface area contributed by atoms with Gasteiger partial charge in [0, 0.05) is 10.9 Å². The van der Waals surface area contributed by atoms with Gasteiger partial charge in [-0.3, -0.25) is 10.1 Å². The first kappa shape index (κ1) is 14.2. The zero-order valence-corrected chi connectivity index (χ0v) is 12.2. The summed E-state index contributed by atoms with van der Waals surface area (Å²) in [6.45, 7) is 4.12. The second kappa shape index (κ2) is 6.31. The van der Waals surface area contributed by atoms with Gasteiger partial charge in [0.05, 0.1) is 18.2 Å². The van der Waals surface area contributed by atoms with Crippen molar-refractivity contribution in [3.63, 3.8) is 0 Å². The Bertz CT molecular complexity index is 655. The van der Waals surface area contributed by atoms with Gasteiger partial charge in [-0.1, -0.05) is 32.0 Å². The molecule has 1 heterocycles. The van der Waals surface area contributed by atoms with E-state index in [4.69, 9.17) is 5.26 Å². The summed E-state index contributed by atoms with van der Waals surface area (Å²) >= 11 is 1.41. The van der Waals surface area contributed by atoms with Gasteiger partial charge in [0.2, 0.25) is 0 Å². The van der Waals surface area contributed by atoms with Gasteiger partial charge in [0.1, 0.15) is 0 Å². The molecule has 0 spiro atoms. The monoisotopic (exact) mass is 285 g/mol. The van der Waals surface area contributed by atoms with Crippen LogP contribution in [0, 0.1) is 11.3 Å². The first-order valence-corrected chi connectivity index (χ1v) is 7.21. The molecule has 1 N–H and O–H groups in total. The lowest BCUT2D eigenvalue weighted by Crippen LogP contribution is -2.14. The zero-order valence-electron chi connectivity index (χ0n) is 11.4. The fraction of sp³-hybridized carbons (Fsp3) is 0.267. The molecule has 0 saturated carbocycles. The van der Waals surface area contributed by atoms with Crippen LogP contribution in [0.2, 0.25) is 0 Å². The molecule has 0 atom stereocenters. The van der Waals surface area contributed by atoms with Crippen LogP contribution in [-0.2, 0) is 6.42 Å². The van der Waals surface area contributed by atoms with Gasteiger partial charge < -0.3 is 0 Å². The Morgan fingerprint density at radius 3 is 2.85 bits per heavy atom. The highest BCUT2D eigenvalue weighted by atomic mass is 32.1. The van der Waals surface area contributed by atoms with E-state index in [0.717, 1.165) is 11.3 Å². The Morgan fingerprint density at radius 1 is 1.45 bits per heavy atom. The van der Waals surface area contributed by atoms with Gasteiger partial charge in [0.15, 0.2) is 5.13 Å². The summed E-state index contributed by atoms with van der Waals surface area (Å²) in [5, 5.41) is 14.1. The standard InChI is InChI=1S/C15H15N3OS/c1-10(2)13-9-20-15(17-13)18-14(19)12-6-4-3-5-11(12)7-8-16/h3-6,9-10H,7H2,1-2H3,(H,17,18,19). The van der Waals surface area contributed by atoms with E-state index in [1.807, 2.05) is 11.4 Å². The van der Waals surface area contributed by atoms with Crippen LogP contribution < -0.4 is 5.32 Å². The average Bonchev–Trinajstić information content (AvgIpc) is 2.88. The quantitative estimate of drug-likeness (QED) is 0.933. The zero-order chi connectivity index (χ0) is 14.5. The van der Waals surface area contributed by atoms with Crippen molar-refractivity contribution < 1.29 is 4.79 Å². The van der Waals surface area contributed by atoms with Crippen LogP contribution in [0.15, 0.2) is 29.6 Å². The molecule has 2 rings (SSSR count). The molecule has 0 radical (unpaired) electrons. The molecule has 0 bridgehead atoms. The van der Waals surface area contributed by atoms with Crippen molar-refractivity contribution in [2.75, 3.05) is 5.32 Å². The fourth-order valence-electron chi connectivity index (χ4n) is 1.75. The van der Waals surface area contributed by atoms with Crippen molar-refractivity contribution in [2.24, 2.45) is 0 Å².